The van der Waals surface area contributed by atoms with Crippen molar-refractivity contribution in [2.24, 2.45) is 0 Å². The number of fused-ring (bicyclic) bond motifs is 1. The van der Waals surface area contributed by atoms with Gasteiger partial charge in [-0.25, -0.2) is 0 Å². The smallest absolute Gasteiger partial charge is 0.260 e. The summed E-state index contributed by atoms with van der Waals surface area (Å²) in [6.45, 7) is 5.76. The van der Waals surface area contributed by atoms with Gasteiger partial charge in [0.25, 0.3) is 5.56 Å². The van der Waals surface area contributed by atoms with Gasteiger partial charge in [-0.3, -0.25) is 9.36 Å². The second kappa shape index (κ2) is 4.81. The van der Waals surface area contributed by atoms with Crippen molar-refractivity contribution in [2.75, 3.05) is 5.73 Å². The third-order valence-electron chi connectivity index (χ3n) is 3.91. The first-order chi connectivity index (χ1) is 9.99. The molecule has 0 aliphatic rings. The van der Waals surface area contributed by atoms with Crippen LogP contribution in [0.15, 0.2) is 45.6 Å². The molecular weight excluding hydrogens is 264 g/mol. The molecule has 0 saturated carbocycles. The van der Waals surface area contributed by atoms with Gasteiger partial charge >= 0.3 is 0 Å². The normalized spacial score (nSPS) is 12.7. The number of nitrogens with two attached hydrogens (primary N) is 1. The van der Waals surface area contributed by atoms with Gasteiger partial charge < -0.3 is 10.2 Å². The van der Waals surface area contributed by atoms with Crippen LogP contribution < -0.4 is 11.3 Å². The molecule has 0 spiro atoms. The van der Waals surface area contributed by atoms with Gasteiger partial charge in [0, 0.05) is 10.9 Å². The Balaban J connectivity index is 2.25. The summed E-state index contributed by atoms with van der Waals surface area (Å²) in [5.74, 6) is 2.12. The Hall–Kier alpha value is -2.49. The molecule has 0 amide bonds. The van der Waals surface area contributed by atoms with Crippen LogP contribution in [0.3, 0.4) is 0 Å². The zero-order valence-corrected chi connectivity index (χ0v) is 12.4. The van der Waals surface area contributed by atoms with Crippen molar-refractivity contribution in [3.8, 4) is 0 Å². The van der Waals surface area contributed by atoms with Gasteiger partial charge in [-0.05, 0) is 44.4 Å². The maximum absolute atomic E-state index is 12.7. The van der Waals surface area contributed by atoms with Gasteiger partial charge in [-0.1, -0.05) is 18.2 Å². The summed E-state index contributed by atoms with van der Waals surface area (Å²) >= 11 is 0. The maximum atomic E-state index is 12.7. The summed E-state index contributed by atoms with van der Waals surface area (Å²) in [5, 5.41) is 1.54. The summed E-state index contributed by atoms with van der Waals surface area (Å²) in [5.41, 5.74) is 7.03. The molecule has 3 aromatic rings. The molecule has 0 bridgehead atoms. The Morgan fingerprint density at radius 1 is 1.19 bits per heavy atom. The first-order valence-electron chi connectivity index (χ1n) is 6.95. The molecule has 108 valence electrons. The number of nitrogen functional groups attached to an aromatic ring is 1. The van der Waals surface area contributed by atoms with Gasteiger partial charge in [0.05, 0.1) is 6.04 Å². The fourth-order valence-electron chi connectivity index (χ4n) is 2.90. The van der Waals surface area contributed by atoms with Gasteiger partial charge in [0.15, 0.2) is 0 Å². The van der Waals surface area contributed by atoms with E-state index in [9.17, 15) is 4.79 Å². The van der Waals surface area contributed by atoms with Gasteiger partial charge in [-0.15, -0.1) is 0 Å². The Kier molecular flexibility index (Phi) is 3.09. The third kappa shape index (κ3) is 2.13. The molecule has 4 nitrogen and oxygen atoms in total. The monoisotopic (exact) mass is 282 g/mol. The van der Waals surface area contributed by atoms with E-state index in [0.29, 0.717) is 11.2 Å². The van der Waals surface area contributed by atoms with E-state index in [2.05, 4.69) is 0 Å². The lowest BCUT2D eigenvalue weighted by Crippen LogP contribution is -2.26. The topological polar surface area (TPSA) is 61.2 Å². The van der Waals surface area contributed by atoms with E-state index in [1.165, 1.54) is 0 Å². The van der Waals surface area contributed by atoms with Gasteiger partial charge in [0.2, 0.25) is 0 Å². The lowest BCUT2D eigenvalue weighted by Gasteiger charge is -2.18. The van der Waals surface area contributed by atoms with Gasteiger partial charge in [0.1, 0.15) is 17.3 Å². The lowest BCUT2D eigenvalue weighted by molar-refractivity contribution is 0.494. The van der Waals surface area contributed by atoms with E-state index < -0.39 is 0 Å². The molecule has 1 aromatic carbocycles. The molecule has 3 rings (SSSR count). The number of pyridine rings is 1. The number of nitrogens with zero attached hydrogens (tertiary/aromatic N) is 1. The zero-order chi connectivity index (χ0) is 15.1. The summed E-state index contributed by atoms with van der Waals surface area (Å²) in [6.07, 6.45) is 0. The minimum Gasteiger partial charge on any atom is -0.466 e. The van der Waals surface area contributed by atoms with Crippen molar-refractivity contribution in [2.45, 2.75) is 26.8 Å². The van der Waals surface area contributed by atoms with Crippen LogP contribution in [0.5, 0.6) is 0 Å². The van der Waals surface area contributed by atoms with E-state index in [1.54, 1.807) is 4.57 Å². The molecule has 0 radical (unpaired) electrons. The molecule has 1 unspecified atom stereocenters. The van der Waals surface area contributed by atoms with Crippen molar-refractivity contribution in [3.63, 3.8) is 0 Å². The Labute approximate surface area is 122 Å². The number of aryl methyl sites for hydroxylation is 2. The highest BCUT2D eigenvalue weighted by Crippen LogP contribution is 2.26. The molecule has 4 heteroatoms. The predicted molar refractivity (Wildman–Crippen MR) is 84.6 cm³/mol. The van der Waals surface area contributed by atoms with E-state index in [1.807, 2.05) is 57.2 Å². The van der Waals surface area contributed by atoms with Crippen LogP contribution in [0.2, 0.25) is 0 Å². The molecule has 0 aliphatic heterocycles. The number of aromatic nitrogens is 1. The minimum atomic E-state index is -0.167. The van der Waals surface area contributed by atoms with Crippen molar-refractivity contribution in [1.82, 2.24) is 4.57 Å². The van der Waals surface area contributed by atoms with Crippen LogP contribution in [0.4, 0.5) is 5.82 Å². The van der Waals surface area contributed by atoms with E-state index in [4.69, 9.17) is 10.2 Å². The number of hydrogen-bond acceptors (Lipinski definition) is 3. The average Bonchev–Trinajstić information content (AvgIpc) is 2.77. The third-order valence-corrected chi connectivity index (χ3v) is 3.91. The van der Waals surface area contributed by atoms with Crippen LogP contribution in [-0.4, -0.2) is 4.57 Å². The molecule has 2 aromatic heterocycles. The van der Waals surface area contributed by atoms with Crippen molar-refractivity contribution >= 4 is 16.6 Å². The molecule has 0 fully saturated rings. The van der Waals surface area contributed by atoms with Crippen LogP contribution in [0.1, 0.15) is 30.0 Å². The minimum absolute atomic E-state index is 0.0728. The largest absolute Gasteiger partial charge is 0.466 e. The standard InChI is InChI=1S/C17H18N2O2/c1-10-8-15(12(3)21-10)11(2)19-16(18)9-13-6-4-5-7-14(13)17(19)20/h4-9,11H,18H2,1-3H3. The highest BCUT2D eigenvalue weighted by Gasteiger charge is 2.18. The Morgan fingerprint density at radius 2 is 1.90 bits per heavy atom. The second-order valence-electron chi connectivity index (χ2n) is 5.38. The van der Waals surface area contributed by atoms with Crippen molar-refractivity contribution in [1.29, 1.82) is 0 Å². The fourth-order valence-corrected chi connectivity index (χ4v) is 2.90. The van der Waals surface area contributed by atoms with Crippen LogP contribution in [0.25, 0.3) is 10.8 Å². The highest BCUT2D eigenvalue weighted by atomic mass is 16.3. The number of hydrogen-bond donors (Lipinski definition) is 1. The number of benzene rings is 1. The van der Waals surface area contributed by atoms with Crippen molar-refractivity contribution < 1.29 is 4.42 Å². The molecule has 1 atom stereocenters. The van der Waals surface area contributed by atoms with Crippen molar-refractivity contribution in [3.05, 3.63) is 63.8 Å². The number of furan rings is 1. The summed E-state index contributed by atoms with van der Waals surface area (Å²) < 4.78 is 7.19. The SMILES string of the molecule is Cc1cc(C(C)n2c(N)cc3ccccc3c2=O)c(C)o1. The highest BCUT2D eigenvalue weighted by molar-refractivity contribution is 5.83. The van der Waals surface area contributed by atoms with E-state index in [-0.39, 0.29) is 11.6 Å². The van der Waals surface area contributed by atoms with E-state index in [0.717, 1.165) is 22.5 Å². The molecule has 0 saturated heterocycles. The first kappa shape index (κ1) is 13.5. The van der Waals surface area contributed by atoms with Crippen LogP contribution in [0, 0.1) is 13.8 Å². The predicted octanol–water partition coefficient (Wildman–Crippen LogP) is 3.40. The summed E-state index contributed by atoms with van der Waals surface area (Å²) in [6, 6.07) is 11.1. The fraction of sp³-hybridized carbons (Fsp3) is 0.235. The quantitative estimate of drug-likeness (QED) is 0.783. The Morgan fingerprint density at radius 3 is 2.57 bits per heavy atom. The molecule has 21 heavy (non-hydrogen) atoms. The first-order valence-corrected chi connectivity index (χ1v) is 6.95. The molecule has 2 heterocycles. The molecule has 2 N–H and O–H groups in total. The number of rotatable bonds is 2. The second-order valence-corrected chi connectivity index (χ2v) is 5.38. The summed E-state index contributed by atoms with van der Waals surface area (Å²) in [7, 11) is 0. The zero-order valence-electron chi connectivity index (χ0n) is 12.4. The van der Waals surface area contributed by atoms with Gasteiger partial charge in [-0.2, -0.15) is 0 Å². The van der Waals surface area contributed by atoms with Crippen LogP contribution in [-0.2, 0) is 0 Å². The Bertz CT molecular complexity index is 874. The maximum Gasteiger partial charge on any atom is 0.260 e. The summed E-state index contributed by atoms with van der Waals surface area (Å²) in [4.78, 5) is 12.7. The lowest BCUT2D eigenvalue weighted by atomic mass is 10.1. The van der Waals surface area contributed by atoms with E-state index >= 15 is 0 Å². The average molecular weight is 282 g/mol. The molecular formula is C17H18N2O2. The molecule has 0 aliphatic carbocycles. The number of anilines is 1. The van der Waals surface area contributed by atoms with Crippen LogP contribution >= 0.6 is 0 Å².